The molecule has 0 bridgehead atoms. The van der Waals surface area contributed by atoms with Gasteiger partial charge in [-0.25, -0.2) is 4.79 Å². The Hall–Kier alpha value is -3.68. The number of Topliss-reactive ketones (excluding diaryl/α,β-unsaturated/α-hetero) is 1. The van der Waals surface area contributed by atoms with Gasteiger partial charge in [-0.1, -0.05) is 18.2 Å². The number of hydrogen-bond acceptors (Lipinski definition) is 6. The van der Waals surface area contributed by atoms with Crippen LogP contribution in [0.5, 0.6) is 0 Å². The maximum absolute atomic E-state index is 12.7. The van der Waals surface area contributed by atoms with E-state index in [9.17, 15) is 19.7 Å². The third-order valence-electron chi connectivity index (χ3n) is 5.36. The van der Waals surface area contributed by atoms with Crippen LogP contribution in [0.1, 0.15) is 39.3 Å². The van der Waals surface area contributed by atoms with Crippen molar-refractivity contribution >= 4 is 34.0 Å². The number of aromatic nitrogens is 1. The number of H-pyrrole nitrogens is 1. The largest absolute Gasteiger partial charge is 0.454 e. The molecule has 3 aromatic rings. The van der Waals surface area contributed by atoms with Crippen LogP contribution in [0.25, 0.3) is 10.9 Å². The lowest BCUT2D eigenvalue weighted by Crippen LogP contribution is -2.19. The van der Waals surface area contributed by atoms with Crippen LogP contribution >= 0.6 is 0 Å². The van der Waals surface area contributed by atoms with E-state index in [2.05, 4.69) is 4.98 Å². The number of aromatic amines is 1. The second-order valence-electron chi connectivity index (χ2n) is 7.32. The Labute approximate surface area is 172 Å². The minimum Gasteiger partial charge on any atom is -0.454 e. The number of fused-ring (bicyclic) bond motifs is 1. The smallest absolute Gasteiger partial charge is 0.338 e. The predicted octanol–water partition coefficient (Wildman–Crippen LogP) is 4.02. The Morgan fingerprint density at radius 1 is 1.17 bits per heavy atom. The van der Waals surface area contributed by atoms with Crippen LogP contribution in [0.3, 0.4) is 0 Å². The first kappa shape index (κ1) is 19.6. The van der Waals surface area contributed by atoms with Gasteiger partial charge in [0.05, 0.1) is 10.5 Å². The van der Waals surface area contributed by atoms with E-state index in [1.165, 1.54) is 12.1 Å². The fraction of sp³-hybridized carbons (Fsp3) is 0.273. The molecule has 2 aromatic carbocycles. The van der Waals surface area contributed by atoms with Gasteiger partial charge in [-0.15, -0.1) is 0 Å². The number of rotatable bonds is 6. The van der Waals surface area contributed by atoms with Crippen molar-refractivity contribution in [2.24, 2.45) is 0 Å². The van der Waals surface area contributed by atoms with E-state index < -0.39 is 17.5 Å². The summed E-state index contributed by atoms with van der Waals surface area (Å²) < 4.78 is 5.18. The van der Waals surface area contributed by atoms with Gasteiger partial charge in [-0.3, -0.25) is 14.9 Å². The molecule has 0 amide bonds. The summed E-state index contributed by atoms with van der Waals surface area (Å²) in [7, 11) is 0. The van der Waals surface area contributed by atoms with Crippen LogP contribution in [0.2, 0.25) is 0 Å². The van der Waals surface area contributed by atoms with Crippen molar-refractivity contribution in [3.05, 3.63) is 69.4 Å². The zero-order valence-corrected chi connectivity index (χ0v) is 16.5. The number of anilines is 1. The molecule has 1 N–H and O–H groups in total. The minimum atomic E-state index is -0.767. The number of para-hydroxylation sites is 1. The molecule has 0 saturated carbocycles. The topological polar surface area (TPSA) is 106 Å². The fourth-order valence-electron chi connectivity index (χ4n) is 3.94. The highest BCUT2D eigenvalue weighted by Crippen LogP contribution is 2.32. The number of ether oxygens (including phenoxy) is 1. The van der Waals surface area contributed by atoms with E-state index in [0.717, 1.165) is 36.8 Å². The number of nitrogens with one attached hydrogen (secondary N) is 1. The van der Waals surface area contributed by atoms with E-state index in [0.29, 0.717) is 16.9 Å². The van der Waals surface area contributed by atoms with Gasteiger partial charge in [0.15, 0.2) is 6.61 Å². The highest BCUT2D eigenvalue weighted by Gasteiger charge is 2.25. The number of nitro groups is 1. The van der Waals surface area contributed by atoms with E-state index in [1.807, 2.05) is 29.2 Å². The second-order valence-corrected chi connectivity index (χ2v) is 7.32. The molecule has 0 spiro atoms. The SMILES string of the molecule is Cc1[nH]c2ccccc2c1C(=O)COC(=O)c1ccc(N2CCCC2)c([N+](=O)[O-])c1. The summed E-state index contributed by atoms with van der Waals surface area (Å²) in [5, 5.41) is 12.3. The van der Waals surface area contributed by atoms with E-state index in [1.54, 1.807) is 13.0 Å². The Kier molecular flexibility index (Phi) is 5.22. The lowest BCUT2D eigenvalue weighted by molar-refractivity contribution is -0.384. The lowest BCUT2D eigenvalue weighted by atomic mass is 10.1. The molecule has 1 fully saturated rings. The molecule has 0 unspecified atom stereocenters. The highest BCUT2D eigenvalue weighted by atomic mass is 16.6. The summed E-state index contributed by atoms with van der Waals surface area (Å²) in [5.41, 5.74) is 2.42. The van der Waals surface area contributed by atoms with Crippen molar-refractivity contribution < 1.29 is 19.2 Å². The normalized spacial score (nSPS) is 13.6. The van der Waals surface area contributed by atoms with Crippen LogP contribution in [0, 0.1) is 17.0 Å². The van der Waals surface area contributed by atoms with Crippen LogP contribution < -0.4 is 4.90 Å². The van der Waals surface area contributed by atoms with Crippen LogP contribution in [0.4, 0.5) is 11.4 Å². The molecular formula is C22H21N3O5. The predicted molar refractivity (Wildman–Crippen MR) is 112 cm³/mol. The molecule has 0 radical (unpaired) electrons. The van der Waals surface area contributed by atoms with Gasteiger partial charge in [-0.2, -0.15) is 0 Å². The number of carbonyl (C=O) groups is 2. The quantitative estimate of drug-likeness (QED) is 0.286. The van der Waals surface area contributed by atoms with Crippen LogP contribution in [0.15, 0.2) is 42.5 Å². The average molecular weight is 407 g/mol. The first-order valence-corrected chi connectivity index (χ1v) is 9.76. The third-order valence-corrected chi connectivity index (χ3v) is 5.36. The summed E-state index contributed by atoms with van der Waals surface area (Å²) >= 11 is 0. The monoisotopic (exact) mass is 407 g/mol. The molecule has 1 aliphatic rings. The summed E-state index contributed by atoms with van der Waals surface area (Å²) in [6, 6.07) is 11.7. The molecule has 0 aliphatic carbocycles. The number of benzene rings is 2. The van der Waals surface area contributed by atoms with Gasteiger partial charge >= 0.3 is 5.97 Å². The Bertz CT molecular complexity index is 1140. The van der Waals surface area contributed by atoms with E-state index in [-0.39, 0.29) is 17.0 Å². The molecule has 1 saturated heterocycles. The Morgan fingerprint density at radius 3 is 2.63 bits per heavy atom. The molecular weight excluding hydrogens is 386 g/mol. The Balaban J connectivity index is 1.51. The van der Waals surface area contributed by atoms with Gasteiger partial charge in [0.25, 0.3) is 5.69 Å². The van der Waals surface area contributed by atoms with Crippen molar-refractivity contribution in [3.63, 3.8) is 0 Å². The maximum Gasteiger partial charge on any atom is 0.338 e. The molecule has 0 atom stereocenters. The molecule has 30 heavy (non-hydrogen) atoms. The molecule has 4 rings (SSSR count). The number of hydrogen-bond donors (Lipinski definition) is 1. The van der Waals surface area contributed by atoms with Gasteiger partial charge in [-0.05, 0) is 38.0 Å². The minimum absolute atomic E-state index is 0.0492. The average Bonchev–Trinajstić information content (AvgIpc) is 3.38. The molecule has 8 heteroatoms. The van der Waals surface area contributed by atoms with Gasteiger partial charge < -0.3 is 14.6 Å². The molecule has 2 heterocycles. The zero-order valence-electron chi connectivity index (χ0n) is 16.5. The van der Waals surface area contributed by atoms with Gasteiger partial charge in [0, 0.05) is 41.3 Å². The van der Waals surface area contributed by atoms with Crippen molar-refractivity contribution in [3.8, 4) is 0 Å². The van der Waals surface area contributed by atoms with Crippen LogP contribution in [-0.2, 0) is 4.74 Å². The zero-order chi connectivity index (χ0) is 21.3. The Morgan fingerprint density at radius 2 is 1.90 bits per heavy atom. The van der Waals surface area contributed by atoms with Crippen molar-refractivity contribution in [1.29, 1.82) is 0 Å². The van der Waals surface area contributed by atoms with Gasteiger partial charge in [0.1, 0.15) is 5.69 Å². The summed E-state index contributed by atoms with van der Waals surface area (Å²) in [6.07, 6.45) is 1.96. The number of carbonyl (C=O) groups excluding carboxylic acids is 2. The highest BCUT2D eigenvalue weighted by molar-refractivity contribution is 6.10. The lowest BCUT2D eigenvalue weighted by Gasteiger charge is -2.17. The van der Waals surface area contributed by atoms with Crippen molar-refractivity contribution in [1.82, 2.24) is 4.98 Å². The molecule has 154 valence electrons. The fourth-order valence-corrected chi connectivity index (χ4v) is 3.94. The summed E-state index contributed by atoms with van der Waals surface area (Å²) in [5.74, 6) is -1.10. The summed E-state index contributed by atoms with van der Waals surface area (Å²) in [6.45, 7) is 2.85. The summed E-state index contributed by atoms with van der Waals surface area (Å²) in [4.78, 5) is 41.2. The van der Waals surface area contributed by atoms with E-state index in [4.69, 9.17) is 4.74 Å². The number of ketones is 1. The maximum atomic E-state index is 12.7. The third kappa shape index (κ3) is 3.63. The molecule has 8 nitrogen and oxygen atoms in total. The van der Waals surface area contributed by atoms with Crippen LogP contribution in [-0.4, -0.2) is 41.4 Å². The molecule has 1 aromatic heterocycles. The first-order valence-electron chi connectivity index (χ1n) is 9.76. The van der Waals surface area contributed by atoms with Crippen molar-refractivity contribution in [2.75, 3.05) is 24.6 Å². The number of nitro benzene ring substituents is 1. The number of aryl methyl sites for hydroxylation is 1. The van der Waals surface area contributed by atoms with Gasteiger partial charge in [0.2, 0.25) is 5.78 Å². The van der Waals surface area contributed by atoms with Crippen molar-refractivity contribution in [2.45, 2.75) is 19.8 Å². The molecule has 1 aliphatic heterocycles. The number of nitrogens with zero attached hydrogens (tertiary/aromatic N) is 2. The van der Waals surface area contributed by atoms with E-state index >= 15 is 0 Å². The first-order chi connectivity index (χ1) is 14.5. The number of esters is 1. The standard InChI is InChI=1S/C22H21N3O5/c1-14-21(16-6-2-3-7-17(16)23-14)20(26)13-30-22(27)15-8-9-18(19(12-15)25(28)29)24-10-4-5-11-24/h2-3,6-9,12,23H,4-5,10-11,13H2,1H3. The second kappa shape index (κ2) is 7.98.